The number of rotatable bonds is 6. The first-order chi connectivity index (χ1) is 9.76. The average molecular weight is 278 g/mol. The Morgan fingerprint density at radius 3 is 2.90 bits per heavy atom. The fraction of sp³-hybridized carbons (Fsp3) is 0.625. The topological polar surface area (TPSA) is 38.5 Å². The minimum absolute atomic E-state index is 0.158. The largest absolute Gasteiger partial charge is 0.488 e. The van der Waals surface area contributed by atoms with Gasteiger partial charge in [-0.3, -0.25) is 4.90 Å². The highest BCUT2D eigenvalue weighted by molar-refractivity contribution is 5.37. The van der Waals surface area contributed by atoms with Crippen molar-refractivity contribution in [2.45, 2.75) is 44.2 Å². The minimum Gasteiger partial charge on any atom is -0.488 e. The molecule has 20 heavy (non-hydrogen) atoms. The number of hydrogen-bond acceptors (Lipinski definition) is 3. The summed E-state index contributed by atoms with van der Waals surface area (Å²) in [6.45, 7) is 2.72. The van der Waals surface area contributed by atoms with Crippen LogP contribution in [0.1, 0.15) is 31.2 Å². The van der Waals surface area contributed by atoms with Crippen molar-refractivity contribution in [3.63, 3.8) is 0 Å². The SMILES string of the molecule is NCCCN(CC1Cc2cc(F)ccc2O1)C1CCC1. The lowest BCUT2D eigenvalue weighted by Gasteiger charge is -2.38. The highest BCUT2D eigenvalue weighted by Crippen LogP contribution is 2.31. The third-order valence-electron chi connectivity index (χ3n) is 4.44. The molecule has 0 aromatic heterocycles. The monoisotopic (exact) mass is 278 g/mol. The van der Waals surface area contributed by atoms with Crippen molar-refractivity contribution in [2.24, 2.45) is 5.73 Å². The molecule has 1 aromatic rings. The highest BCUT2D eigenvalue weighted by Gasteiger charge is 2.30. The Hall–Kier alpha value is -1.13. The van der Waals surface area contributed by atoms with E-state index in [1.165, 1.54) is 25.3 Å². The molecule has 0 radical (unpaired) electrons. The third-order valence-corrected chi connectivity index (χ3v) is 4.44. The quantitative estimate of drug-likeness (QED) is 0.868. The first-order valence-electron chi connectivity index (χ1n) is 7.65. The molecule has 1 saturated carbocycles. The molecular formula is C16H23FN2O. The predicted molar refractivity (Wildman–Crippen MR) is 77.4 cm³/mol. The van der Waals surface area contributed by atoms with Crippen molar-refractivity contribution in [1.29, 1.82) is 0 Å². The maximum absolute atomic E-state index is 13.2. The van der Waals surface area contributed by atoms with Crippen LogP contribution in [0.15, 0.2) is 18.2 Å². The maximum atomic E-state index is 13.2. The first kappa shape index (κ1) is 13.8. The van der Waals surface area contributed by atoms with Gasteiger partial charge in [0.2, 0.25) is 0 Å². The molecule has 1 aliphatic carbocycles. The molecule has 3 rings (SSSR count). The van der Waals surface area contributed by atoms with Crippen LogP contribution in [-0.4, -0.2) is 36.7 Å². The van der Waals surface area contributed by atoms with Gasteiger partial charge in [-0.1, -0.05) is 6.42 Å². The Morgan fingerprint density at radius 2 is 2.20 bits per heavy atom. The molecule has 0 spiro atoms. The van der Waals surface area contributed by atoms with Crippen LogP contribution in [0.2, 0.25) is 0 Å². The minimum atomic E-state index is -0.174. The maximum Gasteiger partial charge on any atom is 0.123 e. The Kier molecular flexibility index (Phi) is 4.22. The molecule has 0 saturated heterocycles. The van der Waals surface area contributed by atoms with Gasteiger partial charge in [-0.25, -0.2) is 4.39 Å². The summed E-state index contributed by atoms with van der Waals surface area (Å²) in [7, 11) is 0. The normalized spacial score (nSPS) is 21.6. The van der Waals surface area contributed by atoms with Crippen molar-refractivity contribution in [2.75, 3.05) is 19.6 Å². The van der Waals surface area contributed by atoms with E-state index in [0.29, 0.717) is 6.04 Å². The summed E-state index contributed by atoms with van der Waals surface area (Å²) in [4.78, 5) is 2.52. The van der Waals surface area contributed by atoms with Crippen LogP contribution >= 0.6 is 0 Å². The number of ether oxygens (including phenoxy) is 1. The van der Waals surface area contributed by atoms with E-state index in [0.717, 1.165) is 43.8 Å². The lowest BCUT2D eigenvalue weighted by atomic mass is 9.91. The molecule has 1 atom stereocenters. The van der Waals surface area contributed by atoms with Gasteiger partial charge in [0.15, 0.2) is 0 Å². The van der Waals surface area contributed by atoms with Gasteiger partial charge in [0, 0.05) is 24.6 Å². The van der Waals surface area contributed by atoms with Gasteiger partial charge in [0.25, 0.3) is 0 Å². The van der Waals surface area contributed by atoms with Crippen LogP contribution < -0.4 is 10.5 Å². The summed E-state index contributed by atoms with van der Waals surface area (Å²) in [5, 5.41) is 0. The number of nitrogens with zero attached hydrogens (tertiary/aromatic N) is 1. The standard InChI is InChI=1S/C16H23FN2O/c17-13-5-6-16-12(9-13)10-15(20-16)11-19(8-2-7-18)14-3-1-4-14/h5-6,9,14-15H,1-4,7-8,10-11,18H2. The molecule has 1 heterocycles. The second kappa shape index (κ2) is 6.10. The number of nitrogens with two attached hydrogens (primary N) is 1. The zero-order valence-corrected chi connectivity index (χ0v) is 11.9. The summed E-state index contributed by atoms with van der Waals surface area (Å²) in [6.07, 6.45) is 5.92. The van der Waals surface area contributed by atoms with E-state index < -0.39 is 0 Å². The van der Waals surface area contributed by atoms with Crippen LogP contribution in [0.25, 0.3) is 0 Å². The fourth-order valence-corrected chi connectivity index (χ4v) is 3.12. The second-order valence-corrected chi connectivity index (χ2v) is 5.92. The molecule has 0 amide bonds. The Bertz CT molecular complexity index is 462. The number of benzene rings is 1. The lowest BCUT2D eigenvalue weighted by molar-refractivity contribution is 0.0780. The van der Waals surface area contributed by atoms with E-state index in [4.69, 9.17) is 10.5 Å². The molecule has 110 valence electrons. The van der Waals surface area contributed by atoms with Gasteiger partial charge in [-0.05, 0) is 50.6 Å². The zero-order chi connectivity index (χ0) is 13.9. The molecule has 1 fully saturated rings. The Morgan fingerprint density at radius 1 is 1.35 bits per heavy atom. The molecule has 1 unspecified atom stereocenters. The highest BCUT2D eigenvalue weighted by atomic mass is 19.1. The van der Waals surface area contributed by atoms with Gasteiger partial charge >= 0.3 is 0 Å². The second-order valence-electron chi connectivity index (χ2n) is 5.92. The van der Waals surface area contributed by atoms with Crippen LogP contribution in [0.4, 0.5) is 4.39 Å². The van der Waals surface area contributed by atoms with Crippen molar-refractivity contribution < 1.29 is 9.13 Å². The van der Waals surface area contributed by atoms with Crippen molar-refractivity contribution in [3.05, 3.63) is 29.6 Å². The summed E-state index contributed by atoms with van der Waals surface area (Å²) in [5.74, 6) is 0.677. The van der Waals surface area contributed by atoms with Crippen LogP contribution in [0.3, 0.4) is 0 Å². The molecule has 1 aromatic carbocycles. The smallest absolute Gasteiger partial charge is 0.123 e. The lowest BCUT2D eigenvalue weighted by Crippen LogP contribution is -2.46. The van der Waals surface area contributed by atoms with Gasteiger partial charge in [-0.2, -0.15) is 0 Å². The summed E-state index contributed by atoms with van der Waals surface area (Å²) >= 11 is 0. The predicted octanol–water partition coefficient (Wildman–Crippen LogP) is 2.33. The molecule has 2 aliphatic rings. The molecule has 1 aliphatic heterocycles. The average Bonchev–Trinajstić information content (AvgIpc) is 2.75. The third kappa shape index (κ3) is 2.96. The van der Waals surface area contributed by atoms with Crippen molar-refractivity contribution >= 4 is 0 Å². The van der Waals surface area contributed by atoms with Crippen molar-refractivity contribution in [1.82, 2.24) is 4.90 Å². The number of hydrogen-bond donors (Lipinski definition) is 1. The first-order valence-corrected chi connectivity index (χ1v) is 7.65. The fourth-order valence-electron chi connectivity index (χ4n) is 3.12. The van der Waals surface area contributed by atoms with Gasteiger partial charge < -0.3 is 10.5 Å². The molecule has 3 nitrogen and oxygen atoms in total. The Labute approximate surface area is 119 Å². The zero-order valence-electron chi connectivity index (χ0n) is 11.9. The molecule has 4 heteroatoms. The van der Waals surface area contributed by atoms with E-state index >= 15 is 0 Å². The van der Waals surface area contributed by atoms with Crippen molar-refractivity contribution in [3.8, 4) is 5.75 Å². The number of fused-ring (bicyclic) bond motifs is 1. The van der Waals surface area contributed by atoms with Gasteiger partial charge in [0.1, 0.15) is 17.7 Å². The van der Waals surface area contributed by atoms with E-state index in [1.807, 2.05) is 0 Å². The molecule has 2 N–H and O–H groups in total. The summed E-state index contributed by atoms with van der Waals surface area (Å²) < 4.78 is 19.2. The van der Waals surface area contributed by atoms with Crippen LogP contribution in [-0.2, 0) is 6.42 Å². The van der Waals surface area contributed by atoms with Gasteiger partial charge in [0.05, 0.1) is 0 Å². The Balaban J connectivity index is 1.59. The summed E-state index contributed by atoms with van der Waals surface area (Å²) in [5.41, 5.74) is 6.63. The number of halogens is 1. The van der Waals surface area contributed by atoms with E-state index in [9.17, 15) is 4.39 Å². The van der Waals surface area contributed by atoms with E-state index in [-0.39, 0.29) is 11.9 Å². The van der Waals surface area contributed by atoms with Crippen LogP contribution in [0, 0.1) is 5.82 Å². The van der Waals surface area contributed by atoms with E-state index in [2.05, 4.69) is 4.90 Å². The summed E-state index contributed by atoms with van der Waals surface area (Å²) in [6, 6.07) is 5.52. The van der Waals surface area contributed by atoms with E-state index in [1.54, 1.807) is 12.1 Å². The van der Waals surface area contributed by atoms with Crippen LogP contribution in [0.5, 0.6) is 5.75 Å². The molecular weight excluding hydrogens is 255 g/mol. The van der Waals surface area contributed by atoms with Gasteiger partial charge in [-0.15, -0.1) is 0 Å². The molecule has 0 bridgehead atoms.